The van der Waals surface area contributed by atoms with Gasteiger partial charge in [0.2, 0.25) is 0 Å². The van der Waals surface area contributed by atoms with E-state index in [1.807, 2.05) is 18.2 Å². The molecule has 2 unspecified atom stereocenters. The number of allylic oxidation sites excluding steroid dienone is 4. The second-order valence-corrected chi connectivity index (χ2v) is 10.1. The first-order valence-electron chi connectivity index (χ1n) is 11.6. The Hall–Kier alpha value is -1.92. The molecule has 32 heavy (non-hydrogen) atoms. The average molecular weight is 502 g/mol. The molecule has 0 radical (unpaired) electrons. The van der Waals surface area contributed by atoms with Crippen LogP contribution in [0.1, 0.15) is 45.4 Å². The van der Waals surface area contributed by atoms with E-state index in [1.54, 1.807) is 0 Å². The van der Waals surface area contributed by atoms with E-state index < -0.39 is 5.41 Å². The number of hydrogen-bond acceptors (Lipinski definition) is 4. The van der Waals surface area contributed by atoms with Crippen LogP contribution in [0.2, 0.25) is 0 Å². The van der Waals surface area contributed by atoms with Crippen LogP contribution in [-0.4, -0.2) is 48.1 Å². The maximum atomic E-state index is 13.0. The number of halogens is 1. The number of aromatic nitrogens is 2. The van der Waals surface area contributed by atoms with Crippen LogP contribution in [0.4, 0.5) is 0 Å². The molecule has 0 fully saturated rings. The first kappa shape index (κ1) is 24.7. The SMILES string of the molecule is COC(=O)C(CCCN(C)CCCc1nc2ccccc2[nH]1)(C(C)C)C1C=CC(Br)=CC1. The Morgan fingerprint density at radius 3 is 2.72 bits per heavy atom. The van der Waals surface area contributed by atoms with Crippen LogP contribution >= 0.6 is 15.9 Å². The van der Waals surface area contributed by atoms with E-state index in [4.69, 9.17) is 4.74 Å². The minimum absolute atomic E-state index is 0.0823. The summed E-state index contributed by atoms with van der Waals surface area (Å²) in [6, 6.07) is 8.16. The number of nitrogens with one attached hydrogen (secondary N) is 1. The van der Waals surface area contributed by atoms with E-state index >= 15 is 0 Å². The minimum Gasteiger partial charge on any atom is -0.469 e. The predicted molar refractivity (Wildman–Crippen MR) is 135 cm³/mol. The number of nitrogens with zero attached hydrogens (tertiary/aromatic N) is 2. The van der Waals surface area contributed by atoms with Crippen LogP contribution in [0.25, 0.3) is 11.0 Å². The smallest absolute Gasteiger partial charge is 0.312 e. The van der Waals surface area contributed by atoms with Crippen LogP contribution in [-0.2, 0) is 16.0 Å². The van der Waals surface area contributed by atoms with Gasteiger partial charge >= 0.3 is 5.97 Å². The summed E-state index contributed by atoms with van der Waals surface area (Å²) in [7, 11) is 3.68. The van der Waals surface area contributed by atoms with Crippen LogP contribution in [0.3, 0.4) is 0 Å². The third kappa shape index (κ3) is 5.70. The average Bonchev–Trinajstić information content (AvgIpc) is 3.19. The lowest BCUT2D eigenvalue weighted by molar-refractivity contribution is -0.160. The monoisotopic (exact) mass is 501 g/mol. The Balaban J connectivity index is 1.53. The highest BCUT2D eigenvalue weighted by Crippen LogP contribution is 2.46. The molecular formula is C26H36BrN3O2. The Morgan fingerprint density at radius 1 is 1.31 bits per heavy atom. The van der Waals surface area contributed by atoms with Gasteiger partial charge in [0.05, 0.1) is 23.6 Å². The first-order chi connectivity index (χ1) is 15.4. The number of esters is 1. The normalized spacial score (nSPS) is 18.2. The highest BCUT2D eigenvalue weighted by molar-refractivity contribution is 9.11. The first-order valence-corrected chi connectivity index (χ1v) is 12.4. The molecular weight excluding hydrogens is 466 g/mol. The molecule has 1 aromatic heterocycles. The summed E-state index contributed by atoms with van der Waals surface area (Å²) in [5.74, 6) is 1.33. The predicted octanol–water partition coefficient (Wildman–Crippen LogP) is 5.88. The maximum absolute atomic E-state index is 13.0. The number of carbonyl (C=O) groups excluding carboxylic acids is 1. The van der Waals surface area contributed by atoms with E-state index in [-0.39, 0.29) is 17.8 Å². The lowest BCUT2D eigenvalue weighted by Crippen LogP contribution is -2.44. The summed E-state index contributed by atoms with van der Waals surface area (Å²) in [5.41, 5.74) is 1.63. The topological polar surface area (TPSA) is 58.2 Å². The van der Waals surface area contributed by atoms with Crippen molar-refractivity contribution < 1.29 is 9.53 Å². The molecule has 0 saturated carbocycles. The van der Waals surface area contributed by atoms with Crippen molar-refractivity contribution in [2.45, 2.75) is 46.0 Å². The van der Waals surface area contributed by atoms with Gasteiger partial charge < -0.3 is 14.6 Å². The van der Waals surface area contributed by atoms with Crippen molar-refractivity contribution >= 4 is 32.9 Å². The molecule has 0 spiro atoms. The van der Waals surface area contributed by atoms with E-state index in [0.717, 1.165) is 66.5 Å². The quantitative estimate of drug-likeness (QED) is 0.390. The molecule has 0 amide bonds. The molecule has 1 N–H and O–H groups in total. The number of hydrogen-bond donors (Lipinski definition) is 1. The largest absolute Gasteiger partial charge is 0.469 e. The van der Waals surface area contributed by atoms with Gasteiger partial charge in [-0.15, -0.1) is 0 Å². The van der Waals surface area contributed by atoms with Crippen LogP contribution < -0.4 is 0 Å². The molecule has 2 atom stereocenters. The number of ether oxygens (including phenoxy) is 1. The lowest BCUT2D eigenvalue weighted by Gasteiger charge is -2.41. The zero-order valence-electron chi connectivity index (χ0n) is 19.7. The zero-order chi connectivity index (χ0) is 23.1. The van der Waals surface area contributed by atoms with E-state index in [0.29, 0.717) is 0 Å². The summed E-state index contributed by atoms with van der Waals surface area (Å²) < 4.78 is 6.41. The molecule has 0 aliphatic heterocycles. The molecule has 6 heteroatoms. The van der Waals surface area contributed by atoms with E-state index in [1.165, 1.54) is 7.11 Å². The third-order valence-electron chi connectivity index (χ3n) is 6.83. The molecule has 1 aliphatic carbocycles. The molecule has 1 aromatic carbocycles. The van der Waals surface area contributed by atoms with Crippen molar-refractivity contribution in [1.29, 1.82) is 0 Å². The number of imidazole rings is 1. The molecule has 1 heterocycles. The highest BCUT2D eigenvalue weighted by Gasteiger charge is 2.47. The summed E-state index contributed by atoms with van der Waals surface area (Å²) >= 11 is 3.54. The number of aromatic amines is 1. The van der Waals surface area contributed by atoms with E-state index in [2.05, 4.69) is 76.0 Å². The number of methoxy groups -OCH3 is 1. The Bertz CT molecular complexity index is 932. The van der Waals surface area contributed by atoms with Crippen molar-refractivity contribution in [3.63, 3.8) is 0 Å². The van der Waals surface area contributed by atoms with Gasteiger partial charge in [-0.2, -0.15) is 0 Å². The summed E-state index contributed by atoms with van der Waals surface area (Å²) in [4.78, 5) is 23.5. The second-order valence-electron chi connectivity index (χ2n) is 9.19. The fraction of sp³-hybridized carbons (Fsp3) is 0.538. The summed E-state index contributed by atoms with van der Waals surface area (Å²) in [6.07, 6.45) is 11.0. The number of carbonyl (C=O) groups is 1. The van der Waals surface area contributed by atoms with Crippen molar-refractivity contribution in [3.8, 4) is 0 Å². The van der Waals surface area contributed by atoms with Crippen molar-refractivity contribution in [3.05, 3.63) is 52.8 Å². The van der Waals surface area contributed by atoms with Crippen LogP contribution in [0, 0.1) is 17.3 Å². The van der Waals surface area contributed by atoms with Crippen molar-refractivity contribution in [1.82, 2.24) is 14.9 Å². The summed E-state index contributed by atoms with van der Waals surface area (Å²) in [6.45, 7) is 6.26. The van der Waals surface area contributed by atoms with Crippen molar-refractivity contribution in [2.24, 2.45) is 17.3 Å². The van der Waals surface area contributed by atoms with Gasteiger partial charge in [-0.1, -0.05) is 60.1 Å². The summed E-state index contributed by atoms with van der Waals surface area (Å²) in [5, 5.41) is 0. The number of rotatable bonds is 11. The van der Waals surface area contributed by atoms with Gasteiger partial charge in [-0.25, -0.2) is 4.98 Å². The molecule has 3 rings (SSSR count). The van der Waals surface area contributed by atoms with Gasteiger partial charge in [0.25, 0.3) is 0 Å². The molecule has 174 valence electrons. The van der Waals surface area contributed by atoms with Gasteiger partial charge in [-0.3, -0.25) is 4.79 Å². The Kier molecular flexibility index (Phi) is 8.72. The Morgan fingerprint density at radius 2 is 2.06 bits per heavy atom. The number of benzene rings is 1. The molecule has 0 saturated heterocycles. The fourth-order valence-corrected chi connectivity index (χ4v) is 5.29. The van der Waals surface area contributed by atoms with Crippen molar-refractivity contribution in [2.75, 3.05) is 27.2 Å². The van der Waals surface area contributed by atoms with Gasteiger partial charge in [0, 0.05) is 10.9 Å². The minimum atomic E-state index is -0.495. The molecule has 0 bridgehead atoms. The highest BCUT2D eigenvalue weighted by atomic mass is 79.9. The van der Waals surface area contributed by atoms with Gasteiger partial charge in [0.1, 0.15) is 5.82 Å². The standard InChI is InChI=1S/C26H36BrN3O2/c1-19(2)26(25(31)32-4,20-12-14-21(27)15-13-20)16-8-18-30(3)17-7-11-24-28-22-9-5-6-10-23(22)29-24/h5-6,9-10,12,14-15,19-20H,7-8,11,13,16-18H2,1-4H3,(H,28,29). The molecule has 5 nitrogen and oxygen atoms in total. The second kappa shape index (κ2) is 11.3. The van der Waals surface area contributed by atoms with Crippen LogP contribution in [0.5, 0.6) is 0 Å². The van der Waals surface area contributed by atoms with Gasteiger partial charge in [-0.05, 0) is 69.8 Å². The molecule has 1 aliphatic rings. The number of para-hydroxylation sites is 2. The molecule has 2 aromatic rings. The number of fused-ring (bicyclic) bond motifs is 1. The fourth-order valence-electron chi connectivity index (χ4n) is 4.95. The maximum Gasteiger partial charge on any atom is 0.312 e. The van der Waals surface area contributed by atoms with Gasteiger partial charge in [0.15, 0.2) is 0 Å². The zero-order valence-corrected chi connectivity index (χ0v) is 21.3. The number of H-pyrrole nitrogens is 1. The third-order valence-corrected chi connectivity index (χ3v) is 7.42. The van der Waals surface area contributed by atoms with Crippen LogP contribution in [0.15, 0.2) is 47.0 Å². The lowest BCUT2D eigenvalue weighted by atomic mass is 9.63. The number of aryl methyl sites for hydroxylation is 1. The Labute approximate surface area is 200 Å². The van der Waals surface area contributed by atoms with E-state index in [9.17, 15) is 4.79 Å².